The number of hydrogen-bond acceptors (Lipinski definition) is 3. The Morgan fingerprint density at radius 2 is 1.92 bits per heavy atom. The number of nitrogens with zero attached hydrogens (tertiary/aromatic N) is 2. The van der Waals surface area contributed by atoms with Crippen molar-refractivity contribution in [3.63, 3.8) is 0 Å². The molecule has 7 heteroatoms. The van der Waals surface area contributed by atoms with Gasteiger partial charge in [0.2, 0.25) is 0 Å². The van der Waals surface area contributed by atoms with E-state index in [0.29, 0.717) is 22.0 Å². The average Bonchev–Trinajstić information content (AvgIpc) is 3.10. The summed E-state index contributed by atoms with van der Waals surface area (Å²) >= 11 is 6.13. The number of aromatic amines is 1. The zero-order valence-corrected chi connectivity index (χ0v) is 14.0. The lowest BCUT2D eigenvalue weighted by atomic mass is 10.1. The molecule has 1 aromatic heterocycles. The third kappa shape index (κ3) is 3.92. The lowest BCUT2D eigenvalue weighted by Gasteiger charge is -2.01. The maximum Gasteiger partial charge on any atom is 0.289 e. The van der Waals surface area contributed by atoms with Crippen molar-refractivity contribution in [3.05, 3.63) is 76.7 Å². The number of hydrogen-bond donors (Lipinski definition) is 2. The van der Waals surface area contributed by atoms with Crippen LogP contribution in [-0.4, -0.2) is 21.8 Å². The Morgan fingerprint density at radius 3 is 2.64 bits per heavy atom. The van der Waals surface area contributed by atoms with Crippen LogP contribution >= 0.6 is 11.6 Å². The SMILES string of the molecule is C/C(=N/NC(=O)c1cc(-c2ccccc2Cl)n[nH]1)c1ccc(F)cc1. The third-order valence-corrected chi connectivity index (χ3v) is 3.89. The third-order valence-electron chi connectivity index (χ3n) is 3.56. The fraction of sp³-hybridized carbons (Fsp3) is 0.0556. The Kier molecular flexibility index (Phi) is 4.90. The summed E-state index contributed by atoms with van der Waals surface area (Å²) in [5.74, 6) is -0.766. The van der Waals surface area contributed by atoms with Crippen LogP contribution in [0, 0.1) is 5.82 Å². The van der Waals surface area contributed by atoms with E-state index in [0.717, 1.165) is 5.56 Å². The van der Waals surface area contributed by atoms with Gasteiger partial charge < -0.3 is 0 Å². The van der Waals surface area contributed by atoms with Crippen LogP contribution in [0.5, 0.6) is 0 Å². The quantitative estimate of drug-likeness (QED) is 0.547. The van der Waals surface area contributed by atoms with E-state index in [1.807, 2.05) is 18.2 Å². The van der Waals surface area contributed by atoms with E-state index < -0.39 is 5.91 Å². The lowest BCUT2D eigenvalue weighted by Crippen LogP contribution is -2.19. The Hall–Kier alpha value is -2.99. The molecule has 0 radical (unpaired) electrons. The number of carbonyl (C=O) groups excluding carboxylic acids is 1. The van der Waals surface area contributed by atoms with Crippen LogP contribution in [0.4, 0.5) is 4.39 Å². The largest absolute Gasteiger partial charge is 0.289 e. The van der Waals surface area contributed by atoms with Gasteiger partial charge in [-0.1, -0.05) is 41.9 Å². The highest BCUT2D eigenvalue weighted by molar-refractivity contribution is 6.33. The van der Waals surface area contributed by atoms with Crippen molar-refractivity contribution < 1.29 is 9.18 Å². The molecule has 25 heavy (non-hydrogen) atoms. The van der Waals surface area contributed by atoms with Gasteiger partial charge in [-0.05, 0) is 36.8 Å². The fourth-order valence-corrected chi connectivity index (χ4v) is 2.43. The van der Waals surface area contributed by atoms with Crippen LogP contribution < -0.4 is 5.43 Å². The Bertz CT molecular complexity index is 934. The minimum absolute atomic E-state index is 0.255. The van der Waals surface area contributed by atoms with Crippen LogP contribution in [0.3, 0.4) is 0 Å². The summed E-state index contributed by atoms with van der Waals surface area (Å²) in [7, 11) is 0. The van der Waals surface area contributed by atoms with Crippen LogP contribution in [0.1, 0.15) is 23.0 Å². The Morgan fingerprint density at radius 1 is 1.20 bits per heavy atom. The van der Waals surface area contributed by atoms with E-state index in [-0.39, 0.29) is 11.5 Å². The predicted octanol–water partition coefficient (Wildman–Crippen LogP) is 4.02. The number of aromatic nitrogens is 2. The summed E-state index contributed by atoms with van der Waals surface area (Å²) in [6.07, 6.45) is 0. The van der Waals surface area contributed by atoms with Gasteiger partial charge in [0.05, 0.1) is 16.4 Å². The molecular formula is C18H14ClFN4O. The molecule has 0 fully saturated rings. The van der Waals surface area contributed by atoms with Crippen LogP contribution in [-0.2, 0) is 0 Å². The molecule has 3 aromatic rings. The Labute approximate surface area is 148 Å². The molecule has 1 heterocycles. The summed E-state index contributed by atoms with van der Waals surface area (Å²) < 4.78 is 12.9. The van der Waals surface area contributed by atoms with Crippen molar-refractivity contribution in [1.29, 1.82) is 0 Å². The number of nitrogens with one attached hydrogen (secondary N) is 2. The van der Waals surface area contributed by atoms with E-state index >= 15 is 0 Å². The smallest absolute Gasteiger partial charge is 0.272 e. The number of H-pyrrole nitrogens is 1. The number of amides is 1. The standard InChI is InChI=1S/C18H14ClFN4O/c1-11(12-6-8-13(20)9-7-12)21-24-18(25)17-10-16(22-23-17)14-4-2-3-5-15(14)19/h2-10H,1H3,(H,22,23)(H,24,25)/b21-11-. The monoisotopic (exact) mass is 356 g/mol. The van der Waals surface area contributed by atoms with Crippen molar-refractivity contribution in [1.82, 2.24) is 15.6 Å². The first-order valence-corrected chi connectivity index (χ1v) is 7.83. The van der Waals surface area contributed by atoms with Crippen molar-refractivity contribution in [3.8, 4) is 11.3 Å². The molecule has 5 nitrogen and oxygen atoms in total. The molecule has 126 valence electrons. The number of benzene rings is 2. The molecular weight excluding hydrogens is 343 g/mol. The predicted molar refractivity (Wildman–Crippen MR) is 95.1 cm³/mol. The molecule has 0 saturated heterocycles. The van der Waals surface area contributed by atoms with Gasteiger partial charge >= 0.3 is 0 Å². The molecule has 0 unspecified atom stereocenters. The summed E-state index contributed by atoms with van der Waals surface area (Å²) in [5.41, 5.74) is 5.26. The van der Waals surface area contributed by atoms with Gasteiger partial charge in [0.1, 0.15) is 11.5 Å². The second-order valence-electron chi connectivity index (χ2n) is 5.29. The summed E-state index contributed by atoms with van der Waals surface area (Å²) in [6.45, 7) is 1.72. The molecule has 0 saturated carbocycles. The minimum atomic E-state index is -0.438. The van der Waals surface area contributed by atoms with Crippen molar-refractivity contribution in [2.75, 3.05) is 0 Å². The van der Waals surface area contributed by atoms with Gasteiger partial charge in [0.25, 0.3) is 5.91 Å². The van der Waals surface area contributed by atoms with Crippen LogP contribution in [0.15, 0.2) is 59.7 Å². The van der Waals surface area contributed by atoms with Crippen LogP contribution in [0.25, 0.3) is 11.3 Å². The summed E-state index contributed by atoms with van der Waals surface area (Å²) in [5, 5.41) is 11.3. The van der Waals surface area contributed by atoms with Gasteiger partial charge in [-0.3, -0.25) is 9.89 Å². The molecule has 0 atom stereocenters. The van der Waals surface area contributed by atoms with E-state index in [2.05, 4.69) is 20.7 Å². The second-order valence-corrected chi connectivity index (χ2v) is 5.70. The zero-order valence-electron chi connectivity index (χ0n) is 13.3. The molecule has 3 rings (SSSR count). The maximum atomic E-state index is 12.9. The first-order chi connectivity index (χ1) is 12.0. The minimum Gasteiger partial charge on any atom is -0.272 e. The average molecular weight is 357 g/mol. The van der Waals surface area contributed by atoms with Crippen molar-refractivity contribution in [2.24, 2.45) is 5.10 Å². The molecule has 2 aromatic carbocycles. The van der Waals surface area contributed by atoms with E-state index in [1.165, 1.54) is 12.1 Å². The molecule has 0 bridgehead atoms. The van der Waals surface area contributed by atoms with E-state index in [4.69, 9.17) is 11.6 Å². The number of halogens is 2. The van der Waals surface area contributed by atoms with Crippen molar-refractivity contribution in [2.45, 2.75) is 6.92 Å². The van der Waals surface area contributed by atoms with Gasteiger partial charge in [-0.15, -0.1) is 0 Å². The summed E-state index contributed by atoms with van der Waals surface area (Å²) in [6, 6.07) is 14.7. The highest BCUT2D eigenvalue weighted by atomic mass is 35.5. The van der Waals surface area contributed by atoms with Crippen molar-refractivity contribution >= 4 is 23.2 Å². The Balaban J connectivity index is 1.73. The fourth-order valence-electron chi connectivity index (χ4n) is 2.20. The molecule has 0 aliphatic heterocycles. The normalized spacial score (nSPS) is 11.4. The molecule has 0 spiro atoms. The molecule has 2 N–H and O–H groups in total. The highest BCUT2D eigenvalue weighted by Crippen LogP contribution is 2.26. The first kappa shape index (κ1) is 16.9. The molecule has 0 aliphatic carbocycles. The highest BCUT2D eigenvalue weighted by Gasteiger charge is 2.12. The van der Waals surface area contributed by atoms with E-state index in [9.17, 15) is 9.18 Å². The number of rotatable bonds is 4. The van der Waals surface area contributed by atoms with E-state index in [1.54, 1.807) is 31.2 Å². The molecule has 1 amide bonds. The van der Waals surface area contributed by atoms with Crippen LogP contribution in [0.2, 0.25) is 5.02 Å². The lowest BCUT2D eigenvalue weighted by molar-refractivity contribution is 0.0950. The van der Waals surface area contributed by atoms with Gasteiger partial charge in [-0.2, -0.15) is 10.2 Å². The van der Waals surface area contributed by atoms with Gasteiger partial charge in [0, 0.05) is 5.56 Å². The van der Waals surface area contributed by atoms with Gasteiger partial charge in [0.15, 0.2) is 0 Å². The topological polar surface area (TPSA) is 70.1 Å². The zero-order chi connectivity index (χ0) is 17.8. The maximum absolute atomic E-state index is 12.9. The summed E-state index contributed by atoms with van der Waals surface area (Å²) in [4.78, 5) is 12.2. The van der Waals surface area contributed by atoms with Gasteiger partial charge in [-0.25, -0.2) is 9.82 Å². The second kappa shape index (κ2) is 7.27. The number of hydrazone groups is 1. The first-order valence-electron chi connectivity index (χ1n) is 7.45. The molecule has 0 aliphatic rings. The number of carbonyl (C=O) groups is 1.